The highest BCUT2D eigenvalue weighted by molar-refractivity contribution is 9.10. The van der Waals surface area contributed by atoms with Gasteiger partial charge in [-0.15, -0.1) is 0 Å². The second-order valence-electron chi connectivity index (χ2n) is 3.90. The van der Waals surface area contributed by atoms with Crippen LogP contribution in [0.1, 0.15) is 18.9 Å². The van der Waals surface area contributed by atoms with Crippen molar-refractivity contribution in [2.45, 2.75) is 19.9 Å². The topological polar surface area (TPSA) is 14.1 Å². The first-order valence-corrected chi connectivity index (χ1v) is 6.41. The minimum Gasteiger partial charge on any atom is -0.237 e. The summed E-state index contributed by atoms with van der Waals surface area (Å²) in [5.41, 5.74) is 1.28. The molecule has 0 heterocycles. The highest BCUT2D eigenvalue weighted by atomic mass is 79.9. The van der Waals surface area contributed by atoms with E-state index in [0.29, 0.717) is 0 Å². The fourth-order valence-electron chi connectivity index (χ4n) is 1.78. The zero-order valence-electron chi connectivity index (χ0n) is 9.41. The number of fused-ring (bicyclic) bond motifs is 1. The Balaban J connectivity index is 2.27. The van der Waals surface area contributed by atoms with Crippen molar-refractivity contribution in [3.63, 3.8) is 0 Å². The summed E-state index contributed by atoms with van der Waals surface area (Å²) in [5, 5.41) is 7.03. The van der Waals surface area contributed by atoms with Crippen LogP contribution in [0.25, 0.3) is 10.8 Å². The minimum atomic E-state index is 0.817. The first-order valence-electron chi connectivity index (χ1n) is 5.61. The van der Waals surface area contributed by atoms with Crippen LogP contribution in [0.15, 0.2) is 40.9 Å². The average molecular weight is 277 g/mol. The van der Waals surface area contributed by atoms with Crippen molar-refractivity contribution in [3.05, 3.63) is 46.4 Å². The summed E-state index contributed by atoms with van der Waals surface area (Å²) >= 11 is 3.62. The Morgan fingerprint density at radius 3 is 2.81 bits per heavy atom. The van der Waals surface area contributed by atoms with E-state index < -0.39 is 0 Å². The van der Waals surface area contributed by atoms with Crippen molar-refractivity contribution in [3.8, 4) is 0 Å². The lowest BCUT2D eigenvalue weighted by Crippen LogP contribution is -2.05. The molecule has 0 spiro atoms. The van der Waals surface area contributed by atoms with Crippen molar-refractivity contribution >= 4 is 26.7 Å². The Bertz CT molecular complexity index is 479. The van der Waals surface area contributed by atoms with Crippen LogP contribution in [0, 0.1) is 0 Å². The van der Waals surface area contributed by atoms with E-state index in [9.17, 15) is 0 Å². The molecule has 0 unspecified atom stereocenters. The molecular formula is C14H15BrN. The Morgan fingerprint density at radius 1 is 1.19 bits per heavy atom. The fourth-order valence-corrected chi connectivity index (χ4v) is 2.43. The van der Waals surface area contributed by atoms with Gasteiger partial charge in [-0.2, -0.15) is 0 Å². The van der Waals surface area contributed by atoms with Crippen LogP contribution in [0.3, 0.4) is 0 Å². The SMILES string of the molecule is CCC[N]Cc1cc(Br)c2ccccc2c1. The van der Waals surface area contributed by atoms with Gasteiger partial charge >= 0.3 is 0 Å². The first kappa shape index (κ1) is 11.6. The molecule has 0 amide bonds. The van der Waals surface area contributed by atoms with E-state index >= 15 is 0 Å². The molecule has 1 radical (unpaired) electrons. The van der Waals surface area contributed by atoms with E-state index in [1.54, 1.807) is 0 Å². The molecule has 2 aromatic carbocycles. The Hall–Kier alpha value is -0.860. The molecule has 0 fully saturated rings. The standard InChI is InChI=1S/C14H15BrN/c1-2-7-16-10-11-8-12-5-3-4-6-13(12)14(15)9-11/h3-6,8-9H,2,7,10H2,1H3. The number of hydrogen-bond donors (Lipinski definition) is 0. The third-order valence-electron chi connectivity index (χ3n) is 2.55. The predicted molar refractivity (Wildman–Crippen MR) is 72.6 cm³/mol. The second kappa shape index (κ2) is 5.46. The van der Waals surface area contributed by atoms with Gasteiger partial charge in [0.2, 0.25) is 0 Å². The van der Waals surface area contributed by atoms with Gasteiger partial charge in [-0.25, -0.2) is 5.32 Å². The lowest BCUT2D eigenvalue weighted by molar-refractivity contribution is 0.661. The average Bonchev–Trinajstić information content (AvgIpc) is 2.30. The Morgan fingerprint density at radius 2 is 2.00 bits per heavy atom. The van der Waals surface area contributed by atoms with Crippen molar-refractivity contribution in [2.24, 2.45) is 0 Å². The van der Waals surface area contributed by atoms with E-state index in [1.807, 2.05) is 0 Å². The van der Waals surface area contributed by atoms with Gasteiger partial charge in [0.05, 0.1) is 0 Å². The van der Waals surface area contributed by atoms with E-state index in [0.717, 1.165) is 24.0 Å². The van der Waals surface area contributed by atoms with Crippen LogP contribution in [0.5, 0.6) is 0 Å². The molecule has 1 nitrogen and oxygen atoms in total. The Kier molecular flexibility index (Phi) is 3.97. The van der Waals surface area contributed by atoms with Gasteiger partial charge in [0.25, 0.3) is 0 Å². The number of nitrogens with zero attached hydrogens (tertiary/aromatic N) is 1. The van der Waals surface area contributed by atoms with Crippen LogP contribution in [-0.2, 0) is 6.54 Å². The van der Waals surface area contributed by atoms with E-state index in [4.69, 9.17) is 0 Å². The predicted octanol–water partition coefficient (Wildman–Crippen LogP) is 4.12. The highest BCUT2D eigenvalue weighted by Gasteiger charge is 2.01. The third kappa shape index (κ3) is 2.63. The fraction of sp³-hybridized carbons (Fsp3) is 0.286. The lowest BCUT2D eigenvalue weighted by Gasteiger charge is -2.06. The summed E-state index contributed by atoms with van der Waals surface area (Å²) in [4.78, 5) is 0. The number of halogens is 1. The zero-order chi connectivity index (χ0) is 11.4. The number of benzene rings is 2. The smallest absolute Gasteiger partial charge is 0.0384 e. The molecule has 0 saturated heterocycles. The summed E-state index contributed by atoms with van der Waals surface area (Å²) < 4.78 is 1.16. The van der Waals surface area contributed by atoms with Gasteiger partial charge in [0.1, 0.15) is 0 Å². The molecule has 0 saturated carbocycles. The summed E-state index contributed by atoms with van der Waals surface area (Å²) in [6, 6.07) is 12.8. The van der Waals surface area contributed by atoms with Crippen molar-refractivity contribution < 1.29 is 0 Å². The largest absolute Gasteiger partial charge is 0.237 e. The monoisotopic (exact) mass is 276 g/mol. The molecule has 16 heavy (non-hydrogen) atoms. The first-order chi connectivity index (χ1) is 7.81. The maximum Gasteiger partial charge on any atom is 0.0384 e. The van der Waals surface area contributed by atoms with Crippen LogP contribution < -0.4 is 5.32 Å². The Labute approximate surface area is 105 Å². The molecule has 0 aliphatic heterocycles. The van der Waals surface area contributed by atoms with Crippen LogP contribution in [0.4, 0.5) is 0 Å². The molecule has 0 bridgehead atoms. The van der Waals surface area contributed by atoms with Gasteiger partial charge in [0.15, 0.2) is 0 Å². The lowest BCUT2D eigenvalue weighted by atomic mass is 10.1. The second-order valence-corrected chi connectivity index (χ2v) is 4.76. The summed E-state index contributed by atoms with van der Waals surface area (Å²) in [5.74, 6) is 0. The van der Waals surface area contributed by atoms with Crippen LogP contribution in [-0.4, -0.2) is 6.54 Å². The summed E-state index contributed by atoms with van der Waals surface area (Å²) in [6.07, 6.45) is 1.12. The summed E-state index contributed by atoms with van der Waals surface area (Å²) in [7, 11) is 0. The molecule has 0 N–H and O–H groups in total. The maximum absolute atomic E-state index is 4.49. The molecule has 2 heteroatoms. The molecule has 0 aliphatic carbocycles. The highest BCUT2D eigenvalue weighted by Crippen LogP contribution is 2.25. The van der Waals surface area contributed by atoms with E-state index in [2.05, 4.69) is 64.6 Å². The van der Waals surface area contributed by atoms with Crippen molar-refractivity contribution in [2.75, 3.05) is 6.54 Å². The molecular weight excluding hydrogens is 262 g/mol. The molecule has 0 aliphatic rings. The van der Waals surface area contributed by atoms with E-state index in [-0.39, 0.29) is 0 Å². The normalized spacial score (nSPS) is 10.9. The molecule has 0 atom stereocenters. The molecule has 2 rings (SSSR count). The van der Waals surface area contributed by atoms with E-state index in [1.165, 1.54) is 16.3 Å². The number of rotatable bonds is 4. The molecule has 0 aromatic heterocycles. The minimum absolute atomic E-state index is 0.817. The number of hydrogen-bond acceptors (Lipinski definition) is 0. The summed E-state index contributed by atoms with van der Waals surface area (Å²) in [6.45, 7) is 3.92. The maximum atomic E-state index is 4.49. The molecule has 83 valence electrons. The van der Waals surface area contributed by atoms with Crippen molar-refractivity contribution in [1.82, 2.24) is 5.32 Å². The third-order valence-corrected chi connectivity index (χ3v) is 3.20. The zero-order valence-corrected chi connectivity index (χ0v) is 11.0. The van der Waals surface area contributed by atoms with Gasteiger partial charge in [0, 0.05) is 17.6 Å². The quantitative estimate of drug-likeness (QED) is 0.746. The van der Waals surface area contributed by atoms with Gasteiger partial charge in [-0.05, 0) is 34.9 Å². The van der Waals surface area contributed by atoms with Crippen LogP contribution in [0.2, 0.25) is 0 Å². The van der Waals surface area contributed by atoms with Gasteiger partial charge in [-0.3, -0.25) is 0 Å². The van der Waals surface area contributed by atoms with Crippen LogP contribution >= 0.6 is 15.9 Å². The van der Waals surface area contributed by atoms with Gasteiger partial charge < -0.3 is 0 Å². The van der Waals surface area contributed by atoms with Crippen molar-refractivity contribution in [1.29, 1.82) is 0 Å². The van der Waals surface area contributed by atoms with Gasteiger partial charge in [-0.1, -0.05) is 47.1 Å². The molecule has 2 aromatic rings.